The maximum absolute atomic E-state index is 8.79. The second kappa shape index (κ2) is 4.14. The zero-order chi connectivity index (χ0) is 10.8. The van der Waals surface area contributed by atoms with Crippen LogP contribution in [0.4, 0.5) is 0 Å². The lowest BCUT2D eigenvalue weighted by Crippen LogP contribution is -2.12. The molecule has 0 aliphatic carbocycles. The minimum Gasteiger partial charge on any atom is -0.396 e. The first-order chi connectivity index (χ1) is 7.24. The van der Waals surface area contributed by atoms with Crippen molar-refractivity contribution in [2.24, 2.45) is 5.73 Å². The summed E-state index contributed by atoms with van der Waals surface area (Å²) in [6, 6.07) is 3.22. The lowest BCUT2D eigenvalue weighted by Gasteiger charge is -2.05. The van der Waals surface area contributed by atoms with Crippen LogP contribution < -0.4 is 5.73 Å². The summed E-state index contributed by atoms with van der Waals surface area (Å²) in [5.74, 6) is 0. The number of imidazole rings is 1. The molecule has 0 bridgehead atoms. The number of hydrogen-bond acceptors (Lipinski definition) is 4. The molecule has 0 radical (unpaired) electrons. The number of halogens is 1. The third-order valence-electron chi connectivity index (χ3n) is 2.15. The van der Waals surface area contributed by atoms with E-state index in [9.17, 15) is 0 Å². The van der Waals surface area contributed by atoms with Gasteiger partial charge in [-0.15, -0.1) is 0 Å². The summed E-state index contributed by atoms with van der Waals surface area (Å²) in [6.07, 6.45) is 2.06. The Hall–Kier alpha value is -1.17. The first kappa shape index (κ1) is 10.4. The molecular formula is C9H11ClN4O. The zero-order valence-electron chi connectivity index (χ0n) is 7.97. The van der Waals surface area contributed by atoms with Crippen LogP contribution in [0.25, 0.3) is 5.65 Å². The smallest absolute Gasteiger partial charge is 0.156 e. The summed E-state index contributed by atoms with van der Waals surface area (Å²) in [7, 11) is 0. The summed E-state index contributed by atoms with van der Waals surface area (Å²) in [4.78, 5) is 4.26. The van der Waals surface area contributed by atoms with Crippen molar-refractivity contribution in [2.75, 3.05) is 6.61 Å². The average Bonchev–Trinajstić information content (AvgIpc) is 2.57. The van der Waals surface area contributed by atoms with Crippen molar-refractivity contribution in [3.8, 4) is 0 Å². The average molecular weight is 227 g/mol. The molecule has 80 valence electrons. The van der Waals surface area contributed by atoms with Gasteiger partial charge in [0.2, 0.25) is 0 Å². The second-order valence-corrected chi connectivity index (χ2v) is 3.56. The van der Waals surface area contributed by atoms with Crippen LogP contribution in [0.1, 0.15) is 18.2 Å². The second-order valence-electron chi connectivity index (χ2n) is 3.20. The Kier molecular flexibility index (Phi) is 2.86. The molecule has 0 aliphatic rings. The summed E-state index contributed by atoms with van der Waals surface area (Å²) < 4.78 is 1.52. The number of rotatable bonds is 3. The molecule has 15 heavy (non-hydrogen) atoms. The van der Waals surface area contributed by atoms with E-state index in [1.54, 1.807) is 18.3 Å². The minimum absolute atomic E-state index is 0.0127. The van der Waals surface area contributed by atoms with Crippen molar-refractivity contribution in [1.29, 1.82) is 0 Å². The van der Waals surface area contributed by atoms with Gasteiger partial charge in [-0.1, -0.05) is 11.6 Å². The summed E-state index contributed by atoms with van der Waals surface area (Å²) in [5, 5.41) is 13.2. The Balaban J connectivity index is 2.48. The maximum Gasteiger partial charge on any atom is 0.156 e. The van der Waals surface area contributed by atoms with E-state index in [0.717, 1.165) is 0 Å². The van der Waals surface area contributed by atoms with Gasteiger partial charge in [0.25, 0.3) is 0 Å². The highest BCUT2D eigenvalue weighted by Gasteiger charge is 2.16. The van der Waals surface area contributed by atoms with Crippen LogP contribution in [-0.4, -0.2) is 26.3 Å². The molecular weight excluding hydrogens is 216 g/mol. The fourth-order valence-electron chi connectivity index (χ4n) is 1.39. The highest BCUT2D eigenvalue weighted by molar-refractivity contribution is 6.30. The SMILES string of the molecule is NC(CCO)c1nc2cccnn2c1Cl. The Bertz CT molecular complexity index is 470. The van der Waals surface area contributed by atoms with Crippen molar-refractivity contribution in [3.05, 3.63) is 29.2 Å². The van der Waals surface area contributed by atoms with E-state index >= 15 is 0 Å². The van der Waals surface area contributed by atoms with Crippen molar-refractivity contribution in [2.45, 2.75) is 12.5 Å². The van der Waals surface area contributed by atoms with Gasteiger partial charge in [0.1, 0.15) is 0 Å². The van der Waals surface area contributed by atoms with Gasteiger partial charge in [0.15, 0.2) is 10.8 Å². The first-order valence-electron chi connectivity index (χ1n) is 4.59. The van der Waals surface area contributed by atoms with Gasteiger partial charge in [-0.2, -0.15) is 5.10 Å². The fraction of sp³-hybridized carbons (Fsp3) is 0.333. The lowest BCUT2D eigenvalue weighted by molar-refractivity contribution is 0.276. The topological polar surface area (TPSA) is 76.4 Å². The quantitative estimate of drug-likeness (QED) is 0.811. The van der Waals surface area contributed by atoms with Gasteiger partial charge in [0.05, 0.1) is 11.7 Å². The maximum atomic E-state index is 8.79. The number of aromatic nitrogens is 3. The van der Waals surface area contributed by atoms with Crippen LogP contribution in [0.5, 0.6) is 0 Å². The van der Waals surface area contributed by atoms with Crippen LogP contribution in [0, 0.1) is 0 Å². The standard InChI is InChI=1S/C9H11ClN4O/c10-9-8(6(11)3-5-15)13-7-2-1-4-12-14(7)9/h1-2,4,6,15H,3,5,11H2. The molecule has 0 saturated heterocycles. The van der Waals surface area contributed by atoms with Crippen molar-refractivity contribution in [1.82, 2.24) is 14.6 Å². The number of aliphatic hydroxyl groups excluding tert-OH is 1. The lowest BCUT2D eigenvalue weighted by atomic mass is 10.2. The predicted molar refractivity (Wildman–Crippen MR) is 56.6 cm³/mol. The Morgan fingerprint density at radius 2 is 2.40 bits per heavy atom. The number of hydrogen-bond donors (Lipinski definition) is 2. The third-order valence-corrected chi connectivity index (χ3v) is 2.51. The predicted octanol–water partition coefficient (Wildman–Crippen LogP) is 0.765. The van der Waals surface area contributed by atoms with Crippen molar-refractivity contribution >= 4 is 17.2 Å². The van der Waals surface area contributed by atoms with E-state index in [2.05, 4.69) is 10.1 Å². The van der Waals surface area contributed by atoms with Crippen molar-refractivity contribution < 1.29 is 5.11 Å². The molecule has 3 N–H and O–H groups in total. The minimum atomic E-state index is -0.357. The summed E-state index contributed by atoms with van der Waals surface area (Å²) >= 11 is 6.06. The van der Waals surface area contributed by atoms with Gasteiger partial charge < -0.3 is 10.8 Å². The Morgan fingerprint density at radius 3 is 3.07 bits per heavy atom. The normalized spacial score (nSPS) is 13.3. The Labute approximate surface area is 91.5 Å². The molecule has 2 aromatic rings. The van der Waals surface area contributed by atoms with Gasteiger partial charge in [-0.05, 0) is 18.6 Å². The molecule has 0 amide bonds. The van der Waals surface area contributed by atoms with Gasteiger partial charge in [-0.25, -0.2) is 9.50 Å². The van der Waals surface area contributed by atoms with E-state index < -0.39 is 0 Å². The van der Waals surface area contributed by atoms with Crippen LogP contribution in [-0.2, 0) is 0 Å². The molecule has 1 atom stereocenters. The van der Waals surface area contributed by atoms with E-state index in [4.69, 9.17) is 22.4 Å². The number of nitrogens with zero attached hydrogens (tertiary/aromatic N) is 3. The number of aliphatic hydroxyl groups is 1. The highest BCUT2D eigenvalue weighted by Crippen LogP contribution is 2.23. The van der Waals surface area contributed by atoms with Crippen LogP contribution in [0.3, 0.4) is 0 Å². The Morgan fingerprint density at radius 1 is 1.60 bits per heavy atom. The van der Waals surface area contributed by atoms with Gasteiger partial charge in [0, 0.05) is 12.8 Å². The molecule has 1 unspecified atom stereocenters. The summed E-state index contributed by atoms with van der Waals surface area (Å²) in [5.41, 5.74) is 7.05. The monoisotopic (exact) mass is 226 g/mol. The van der Waals surface area contributed by atoms with Crippen molar-refractivity contribution in [3.63, 3.8) is 0 Å². The van der Waals surface area contributed by atoms with Gasteiger partial charge in [-0.3, -0.25) is 0 Å². The first-order valence-corrected chi connectivity index (χ1v) is 4.97. The van der Waals surface area contributed by atoms with Gasteiger partial charge >= 0.3 is 0 Å². The largest absolute Gasteiger partial charge is 0.396 e. The molecule has 0 aliphatic heterocycles. The van der Waals surface area contributed by atoms with Crippen LogP contribution in [0.2, 0.25) is 5.15 Å². The molecule has 2 aromatic heterocycles. The molecule has 2 heterocycles. The van der Waals surface area contributed by atoms with E-state index in [-0.39, 0.29) is 12.6 Å². The van der Waals surface area contributed by atoms with Crippen LogP contribution >= 0.6 is 11.6 Å². The number of nitrogens with two attached hydrogens (primary N) is 1. The molecule has 2 rings (SSSR count). The molecule has 5 nitrogen and oxygen atoms in total. The fourth-order valence-corrected chi connectivity index (χ4v) is 1.70. The molecule has 6 heteroatoms. The van der Waals surface area contributed by atoms with E-state index in [1.165, 1.54) is 4.52 Å². The molecule has 0 fully saturated rings. The summed E-state index contributed by atoms with van der Waals surface area (Å²) in [6.45, 7) is 0.0127. The molecule has 0 aromatic carbocycles. The third kappa shape index (κ3) is 1.81. The highest BCUT2D eigenvalue weighted by atomic mass is 35.5. The number of fused-ring (bicyclic) bond motifs is 1. The van der Waals surface area contributed by atoms with E-state index in [0.29, 0.717) is 22.9 Å². The van der Waals surface area contributed by atoms with Crippen LogP contribution in [0.15, 0.2) is 18.3 Å². The van der Waals surface area contributed by atoms with E-state index in [1.807, 2.05) is 0 Å². The molecule has 0 spiro atoms. The zero-order valence-corrected chi connectivity index (χ0v) is 8.72. The molecule has 0 saturated carbocycles.